The summed E-state index contributed by atoms with van der Waals surface area (Å²) in [6.45, 7) is 4.87. The van der Waals surface area contributed by atoms with Crippen LogP contribution in [0, 0.1) is 6.92 Å². The second-order valence-corrected chi connectivity index (χ2v) is 5.07. The third-order valence-electron chi connectivity index (χ3n) is 2.64. The molecule has 0 saturated heterocycles. The molecule has 0 unspecified atom stereocenters. The van der Waals surface area contributed by atoms with Crippen molar-refractivity contribution in [2.45, 2.75) is 31.2 Å². The molecule has 0 bridgehead atoms. The second kappa shape index (κ2) is 5.88. The first kappa shape index (κ1) is 13.6. The fourth-order valence-corrected chi connectivity index (χ4v) is 2.55. The fraction of sp³-hybridized carbons (Fsp3) is 0.308. The number of pyridine rings is 1. The number of aromatic carboxylic acids is 1. The van der Waals surface area contributed by atoms with E-state index >= 15 is 0 Å². The number of carboxylic acid groups (broad SMARTS) is 1. The van der Waals surface area contributed by atoms with Crippen LogP contribution in [0.25, 0.3) is 0 Å². The van der Waals surface area contributed by atoms with Gasteiger partial charge in [0.2, 0.25) is 0 Å². The Hall–Kier alpha value is -1.82. The largest absolute Gasteiger partial charge is 0.478 e. The van der Waals surface area contributed by atoms with Crippen molar-refractivity contribution in [3.63, 3.8) is 0 Å². The summed E-state index contributed by atoms with van der Waals surface area (Å²) in [4.78, 5) is 14.8. The number of hydrogen-bond acceptors (Lipinski definition) is 4. The number of carboxylic acids is 1. The summed E-state index contributed by atoms with van der Waals surface area (Å²) in [5.41, 5.74) is 2.36. The van der Waals surface area contributed by atoms with E-state index in [4.69, 9.17) is 5.11 Å². The minimum atomic E-state index is -0.955. The molecule has 2 aromatic rings. The lowest BCUT2D eigenvalue weighted by atomic mass is 10.3. The van der Waals surface area contributed by atoms with Crippen LogP contribution in [0.15, 0.2) is 29.4 Å². The third-order valence-corrected chi connectivity index (χ3v) is 3.61. The molecule has 5 nitrogen and oxygen atoms in total. The van der Waals surface area contributed by atoms with Gasteiger partial charge in [-0.05, 0) is 32.0 Å². The molecule has 0 fully saturated rings. The van der Waals surface area contributed by atoms with Gasteiger partial charge in [0.15, 0.2) is 0 Å². The molecule has 1 N–H and O–H groups in total. The lowest BCUT2D eigenvalue weighted by molar-refractivity contribution is 0.0696. The van der Waals surface area contributed by atoms with Crippen LogP contribution in [0.4, 0.5) is 0 Å². The summed E-state index contributed by atoms with van der Waals surface area (Å²) >= 11 is 1.57. The predicted octanol–water partition coefficient (Wildman–Crippen LogP) is 2.60. The van der Waals surface area contributed by atoms with E-state index in [9.17, 15) is 4.79 Å². The van der Waals surface area contributed by atoms with Crippen LogP contribution >= 0.6 is 11.8 Å². The zero-order valence-corrected chi connectivity index (χ0v) is 11.6. The molecule has 0 aliphatic carbocycles. The van der Waals surface area contributed by atoms with Gasteiger partial charge in [0.05, 0.1) is 16.3 Å². The summed E-state index contributed by atoms with van der Waals surface area (Å²) < 4.78 is 1.97. The van der Waals surface area contributed by atoms with Gasteiger partial charge in [0.25, 0.3) is 0 Å². The first-order chi connectivity index (χ1) is 9.10. The third kappa shape index (κ3) is 3.35. The maximum absolute atomic E-state index is 10.7. The van der Waals surface area contributed by atoms with Gasteiger partial charge >= 0.3 is 5.97 Å². The number of thioether (sulfide) groups is 1. The van der Waals surface area contributed by atoms with E-state index in [2.05, 4.69) is 23.1 Å². The molecule has 0 aliphatic rings. The smallest absolute Gasteiger partial charge is 0.337 e. The molecule has 2 heterocycles. The molecule has 0 aromatic carbocycles. The molecule has 0 atom stereocenters. The molecule has 0 spiro atoms. The summed E-state index contributed by atoms with van der Waals surface area (Å²) in [6, 6.07) is 5.36. The number of hydrogen-bond donors (Lipinski definition) is 1. The summed E-state index contributed by atoms with van der Waals surface area (Å²) in [5.74, 6) is -0.183. The maximum Gasteiger partial charge on any atom is 0.337 e. The topological polar surface area (TPSA) is 68.0 Å². The van der Waals surface area contributed by atoms with E-state index in [0.717, 1.165) is 28.7 Å². The van der Waals surface area contributed by atoms with E-state index in [1.807, 2.05) is 11.6 Å². The molecule has 6 heteroatoms. The van der Waals surface area contributed by atoms with Crippen molar-refractivity contribution in [2.24, 2.45) is 0 Å². The highest BCUT2D eigenvalue weighted by molar-refractivity contribution is 7.98. The van der Waals surface area contributed by atoms with Gasteiger partial charge in [-0.1, -0.05) is 0 Å². The zero-order chi connectivity index (χ0) is 13.8. The van der Waals surface area contributed by atoms with Gasteiger partial charge < -0.3 is 5.11 Å². The second-order valence-electron chi connectivity index (χ2n) is 4.07. The molecular formula is C13H15N3O2S. The van der Waals surface area contributed by atoms with Crippen molar-refractivity contribution in [3.8, 4) is 0 Å². The highest BCUT2D eigenvalue weighted by atomic mass is 32.2. The molecule has 100 valence electrons. The van der Waals surface area contributed by atoms with Crippen LogP contribution in [0.2, 0.25) is 0 Å². The molecule has 0 saturated carbocycles. The Morgan fingerprint density at radius 3 is 2.84 bits per heavy atom. The fourth-order valence-electron chi connectivity index (χ4n) is 1.73. The summed E-state index contributed by atoms with van der Waals surface area (Å²) in [7, 11) is 0. The lowest BCUT2D eigenvalue weighted by Gasteiger charge is -2.04. The number of carbonyl (C=O) groups is 1. The van der Waals surface area contributed by atoms with Crippen LogP contribution in [0.3, 0.4) is 0 Å². The van der Waals surface area contributed by atoms with Crippen molar-refractivity contribution < 1.29 is 9.90 Å². The van der Waals surface area contributed by atoms with E-state index in [1.54, 1.807) is 23.9 Å². The van der Waals surface area contributed by atoms with Gasteiger partial charge in [-0.2, -0.15) is 5.10 Å². The number of aromatic nitrogens is 3. The Morgan fingerprint density at radius 1 is 1.47 bits per heavy atom. The summed E-state index contributed by atoms with van der Waals surface area (Å²) in [5, 5.41) is 14.0. The Morgan fingerprint density at radius 2 is 2.26 bits per heavy atom. The monoisotopic (exact) mass is 277 g/mol. The SMILES string of the molecule is CCn1nc(C)cc1CSc1ccc(C(=O)O)cn1. The predicted molar refractivity (Wildman–Crippen MR) is 73.4 cm³/mol. The standard InChI is InChI=1S/C13H15N3O2S/c1-3-16-11(6-9(2)15-16)8-19-12-5-4-10(7-14-12)13(17)18/h4-7H,3,8H2,1-2H3,(H,17,18). The van der Waals surface area contributed by atoms with E-state index < -0.39 is 5.97 Å². The van der Waals surface area contributed by atoms with Gasteiger partial charge in [-0.15, -0.1) is 11.8 Å². The normalized spacial score (nSPS) is 10.6. The average Bonchev–Trinajstić information content (AvgIpc) is 2.77. The van der Waals surface area contributed by atoms with Crippen LogP contribution < -0.4 is 0 Å². The van der Waals surface area contributed by atoms with Gasteiger partial charge in [-0.25, -0.2) is 9.78 Å². The Kier molecular flexibility index (Phi) is 4.21. The first-order valence-electron chi connectivity index (χ1n) is 5.95. The van der Waals surface area contributed by atoms with Crippen molar-refractivity contribution in [3.05, 3.63) is 41.3 Å². The Labute approximate surface area is 115 Å². The van der Waals surface area contributed by atoms with Crippen molar-refractivity contribution in [1.29, 1.82) is 0 Å². The molecule has 19 heavy (non-hydrogen) atoms. The molecule has 2 aromatic heterocycles. The minimum absolute atomic E-state index is 0.207. The van der Waals surface area contributed by atoms with Crippen molar-refractivity contribution >= 4 is 17.7 Å². The lowest BCUT2D eigenvalue weighted by Crippen LogP contribution is -2.01. The first-order valence-corrected chi connectivity index (χ1v) is 6.94. The molecule has 0 amide bonds. The average molecular weight is 277 g/mol. The highest BCUT2D eigenvalue weighted by Gasteiger charge is 2.07. The van der Waals surface area contributed by atoms with Crippen molar-refractivity contribution in [2.75, 3.05) is 0 Å². The number of nitrogens with zero attached hydrogens (tertiary/aromatic N) is 3. The van der Waals surface area contributed by atoms with E-state index in [0.29, 0.717) is 0 Å². The Bertz CT molecular complexity index is 578. The minimum Gasteiger partial charge on any atom is -0.478 e. The Balaban J connectivity index is 2.03. The van der Waals surface area contributed by atoms with Crippen LogP contribution in [-0.2, 0) is 12.3 Å². The molecule has 2 rings (SSSR count). The number of rotatable bonds is 5. The van der Waals surface area contributed by atoms with E-state index in [-0.39, 0.29) is 5.56 Å². The van der Waals surface area contributed by atoms with Gasteiger partial charge in [0, 0.05) is 24.2 Å². The van der Waals surface area contributed by atoms with Crippen LogP contribution in [0.5, 0.6) is 0 Å². The van der Waals surface area contributed by atoms with Gasteiger partial charge in [0.1, 0.15) is 0 Å². The van der Waals surface area contributed by atoms with Crippen molar-refractivity contribution in [1.82, 2.24) is 14.8 Å². The molecule has 0 radical (unpaired) electrons. The summed E-state index contributed by atoms with van der Waals surface area (Å²) in [6.07, 6.45) is 1.38. The zero-order valence-electron chi connectivity index (χ0n) is 10.8. The highest BCUT2D eigenvalue weighted by Crippen LogP contribution is 2.21. The molecule has 0 aliphatic heterocycles. The van der Waals surface area contributed by atoms with E-state index in [1.165, 1.54) is 6.20 Å². The quantitative estimate of drug-likeness (QED) is 0.851. The number of aryl methyl sites for hydroxylation is 2. The maximum atomic E-state index is 10.7. The van der Waals surface area contributed by atoms with Crippen LogP contribution in [-0.4, -0.2) is 25.8 Å². The molecular weight excluding hydrogens is 262 g/mol. The van der Waals surface area contributed by atoms with Crippen LogP contribution in [0.1, 0.15) is 28.7 Å². The van der Waals surface area contributed by atoms with Gasteiger partial charge in [-0.3, -0.25) is 4.68 Å².